The Morgan fingerprint density at radius 3 is 2.30 bits per heavy atom. The van der Waals surface area contributed by atoms with Gasteiger partial charge in [-0.3, -0.25) is 0 Å². The van der Waals surface area contributed by atoms with Crippen LogP contribution in [0.4, 0.5) is 4.39 Å². The van der Waals surface area contributed by atoms with Crippen LogP contribution in [0.15, 0.2) is 33.6 Å². The topological polar surface area (TPSA) is 77.8 Å². The van der Waals surface area contributed by atoms with Gasteiger partial charge in [-0.15, -0.1) is 0 Å². The molecule has 23 heavy (non-hydrogen) atoms. The van der Waals surface area contributed by atoms with Gasteiger partial charge in [0.25, 0.3) is 0 Å². The summed E-state index contributed by atoms with van der Waals surface area (Å²) in [5.74, 6) is 0.391. The molecule has 2 aromatic rings. The largest absolute Gasteiger partial charge is 0.493 e. The minimum absolute atomic E-state index is 0.110. The van der Waals surface area contributed by atoms with E-state index < -0.39 is 26.8 Å². The molecule has 1 atom stereocenters. The SMILES string of the molecule is COc1cc(F)c(S(=O)(=O)N[C@H](C)c2ccc(C)o2)cc1OC. The molecule has 6 nitrogen and oxygen atoms in total. The van der Waals surface area contributed by atoms with Crippen molar-refractivity contribution in [3.8, 4) is 11.5 Å². The first-order valence-electron chi connectivity index (χ1n) is 6.78. The second-order valence-corrected chi connectivity index (χ2v) is 6.61. The Bertz CT molecular complexity index is 800. The molecule has 126 valence electrons. The lowest BCUT2D eigenvalue weighted by atomic mass is 10.3. The van der Waals surface area contributed by atoms with Crippen LogP contribution in [-0.2, 0) is 10.0 Å². The molecule has 0 amide bonds. The van der Waals surface area contributed by atoms with Gasteiger partial charge in [0.2, 0.25) is 10.0 Å². The van der Waals surface area contributed by atoms with Gasteiger partial charge in [-0.2, -0.15) is 0 Å². The van der Waals surface area contributed by atoms with Crippen LogP contribution in [0.3, 0.4) is 0 Å². The second kappa shape index (κ2) is 6.59. The van der Waals surface area contributed by atoms with Crippen LogP contribution in [0.1, 0.15) is 24.5 Å². The number of nitrogens with one attached hydrogen (secondary N) is 1. The van der Waals surface area contributed by atoms with E-state index in [1.165, 1.54) is 14.2 Å². The quantitative estimate of drug-likeness (QED) is 0.873. The Morgan fingerprint density at radius 2 is 1.78 bits per heavy atom. The highest BCUT2D eigenvalue weighted by Gasteiger charge is 2.25. The van der Waals surface area contributed by atoms with E-state index in [-0.39, 0.29) is 11.5 Å². The number of halogens is 1. The van der Waals surface area contributed by atoms with Crippen LogP contribution in [0.2, 0.25) is 0 Å². The predicted octanol–water partition coefficient (Wildman–Crippen LogP) is 2.78. The molecule has 0 aliphatic carbocycles. The summed E-state index contributed by atoms with van der Waals surface area (Å²) in [5, 5.41) is 0. The number of ether oxygens (including phenoxy) is 2. The van der Waals surface area contributed by atoms with Gasteiger partial charge in [-0.1, -0.05) is 0 Å². The van der Waals surface area contributed by atoms with Crippen LogP contribution < -0.4 is 14.2 Å². The summed E-state index contributed by atoms with van der Waals surface area (Å²) in [7, 11) is -1.43. The highest BCUT2D eigenvalue weighted by atomic mass is 32.2. The van der Waals surface area contributed by atoms with E-state index in [1.807, 2.05) is 0 Å². The van der Waals surface area contributed by atoms with E-state index in [0.29, 0.717) is 11.5 Å². The van der Waals surface area contributed by atoms with Crippen molar-refractivity contribution < 1.29 is 26.7 Å². The highest BCUT2D eigenvalue weighted by Crippen LogP contribution is 2.32. The standard InChI is InChI=1S/C15H18FNO5S/c1-9-5-6-12(22-9)10(2)17-23(18,19)15-8-14(21-4)13(20-3)7-11(15)16/h5-8,10,17H,1-4H3/t10-/m1/s1. The Morgan fingerprint density at radius 1 is 1.17 bits per heavy atom. The molecule has 0 bridgehead atoms. The predicted molar refractivity (Wildman–Crippen MR) is 81.7 cm³/mol. The first-order chi connectivity index (χ1) is 10.8. The molecule has 0 aliphatic rings. The number of hydrogen-bond donors (Lipinski definition) is 1. The molecule has 0 saturated heterocycles. The number of furan rings is 1. The zero-order chi connectivity index (χ0) is 17.2. The molecule has 1 aromatic carbocycles. The zero-order valence-corrected chi connectivity index (χ0v) is 14.0. The van der Waals surface area contributed by atoms with Crippen molar-refractivity contribution in [3.05, 3.63) is 41.6 Å². The Balaban J connectivity index is 2.36. The van der Waals surface area contributed by atoms with Gasteiger partial charge in [0.1, 0.15) is 22.2 Å². The van der Waals surface area contributed by atoms with Crippen LogP contribution in [-0.4, -0.2) is 22.6 Å². The maximum absolute atomic E-state index is 14.1. The summed E-state index contributed by atoms with van der Waals surface area (Å²) in [5.41, 5.74) is 0. The minimum Gasteiger partial charge on any atom is -0.493 e. The molecular weight excluding hydrogens is 325 g/mol. The van der Waals surface area contributed by atoms with E-state index >= 15 is 0 Å². The van der Waals surface area contributed by atoms with Gasteiger partial charge < -0.3 is 13.9 Å². The summed E-state index contributed by atoms with van der Waals surface area (Å²) >= 11 is 0. The molecule has 1 aromatic heterocycles. The van der Waals surface area contributed by atoms with E-state index in [2.05, 4.69) is 4.72 Å². The Kier molecular flexibility index (Phi) is 4.96. The normalized spacial score (nSPS) is 12.9. The molecule has 1 heterocycles. The van der Waals surface area contributed by atoms with E-state index in [1.54, 1.807) is 26.0 Å². The second-order valence-electron chi connectivity index (χ2n) is 4.93. The van der Waals surface area contributed by atoms with Gasteiger partial charge in [-0.25, -0.2) is 17.5 Å². The molecule has 2 rings (SSSR count). The number of rotatable bonds is 6. The van der Waals surface area contributed by atoms with Crippen molar-refractivity contribution in [2.75, 3.05) is 14.2 Å². The molecular formula is C15H18FNO5S. The van der Waals surface area contributed by atoms with E-state index in [0.717, 1.165) is 12.1 Å². The number of methoxy groups -OCH3 is 2. The maximum Gasteiger partial charge on any atom is 0.244 e. The van der Waals surface area contributed by atoms with E-state index in [4.69, 9.17) is 13.9 Å². The lowest BCUT2D eigenvalue weighted by molar-refractivity contribution is 0.350. The highest BCUT2D eigenvalue weighted by molar-refractivity contribution is 7.89. The Labute approximate surface area is 134 Å². The first kappa shape index (κ1) is 17.3. The third kappa shape index (κ3) is 3.65. The van der Waals surface area contributed by atoms with Crippen LogP contribution in [0, 0.1) is 12.7 Å². The summed E-state index contributed by atoms with van der Waals surface area (Å²) in [4.78, 5) is -0.523. The van der Waals surface area contributed by atoms with Crippen molar-refractivity contribution in [1.82, 2.24) is 4.72 Å². The molecule has 0 radical (unpaired) electrons. The van der Waals surface area contributed by atoms with Gasteiger partial charge in [0, 0.05) is 12.1 Å². The zero-order valence-electron chi connectivity index (χ0n) is 13.2. The number of sulfonamides is 1. The van der Waals surface area contributed by atoms with Crippen molar-refractivity contribution in [3.63, 3.8) is 0 Å². The van der Waals surface area contributed by atoms with Gasteiger partial charge >= 0.3 is 0 Å². The summed E-state index contributed by atoms with van der Waals surface area (Å²) in [6.45, 7) is 3.35. The van der Waals surface area contributed by atoms with Gasteiger partial charge in [0.05, 0.1) is 20.3 Å². The van der Waals surface area contributed by atoms with Crippen molar-refractivity contribution in [1.29, 1.82) is 0 Å². The molecule has 0 unspecified atom stereocenters. The lowest BCUT2D eigenvalue weighted by Crippen LogP contribution is -2.27. The Hall–Kier alpha value is -2.06. The molecule has 0 aliphatic heterocycles. The van der Waals surface area contributed by atoms with Crippen molar-refractivity contribution in [2.45, 2.75) is 24.8 Å². The molecule has 8 heteroatoms. The monoisotopic (exact) mass is 343 g/mol. The maximum atomic E-state index is 14.1. The third-order valence-electron chi connectivity index (χ3n) is 3.25. The fourth-order valence-corrected chi connectivity index (χ4v) is 3.37. The van der Waals surface area contributed by atoms with Crippen molar-refractivity contribution >= 4 is 10.0 Å². The number of benzene rings is 1. The van der Waals surface area contributed by atoms with Crippen LogP contribution >= 0.6 is 0 Å². The summed E-state index contributed by atoms with van der Waals surface area (Å²) < 4.78 is 56.7. The average molecular weight is 343 g/mol. The smallest absolute Gasteiger partial charge is 0.244 e. The minimum atomic E-state index is -4.11. The molecule has 1 N–H and O–H groups in total. The van der Waals surface area contributed by atoms with Crippen LogP contribution in [0.5, 0.6) is 11.5 Å². The molecule has 0 spiro atoms. The fourth-order valence-electron chi connectivity index (χ4n) is 2.08. The average Bonchev–Trinajstić information content (AvgIpc) is 2.92. The summed E-state index contributed by atoms with van der Waals surface area (Å²) in [6, 6.07) is 4.78. The van der Waals surface area contributed by atoms with Crippen molar-refractivity contribution in [2.24, 2.45) is 0 Å². The fraction of sp³-hybridized carbons (Fsp3) is 0.333. The number of aryl methyl sites for hydroxylation is 1. The summed E-state index contributed by atoms with van der Waals surface area (Å²) in [6.07, 6.45) is 0. The van der Waals surface area contributed by atoms with Gasteiger partial charge in [0.15, 0.2) is 11.5 Å². The van der Waals surface area contributed by atoms with Gasteiger partial charge in [-0.05, 0) is 26.0 Å². The number of hydrogen-bond acceptors (Lipinski definition) is 5. The molecule has 0 saturated carbocycles. The lowest BCUT2D eigenvalue weighted by Gasteiger charge is -2.15. The third-order valence-corrected chi connectivity index (χ3v) is 4.80. The van der Waals surface area contributed by atoms with E-state index in [9.17, 15) is 12.8 Å². The first-order valence-corrected chi connectivity index (χ1v) is 8.27. The van der Waals surface area contributed by atoms with Crippen LogP contribution in [0.25, 0.3) is 0 Å². The molecule has 0 fully saturated rings.